The van der Waals surface area contributed by atoms with E-state index in [4.69, 9.17) is 10.00 Å². The molecule has 0 atom stereocenters. The minimum Gasteiger partial charge on any atom is -0.383 e. The van der Waals surface area contributed by atoms with Gasteiger partial charge < -0.3 is 4.74 Å². The highest BCUT2D eigenvalue weighted by molar-refractivity contribution is 7.89. The summed E-state index contributed by atoms with van der Waals surface area (Å²) < 4.78 is 31.2. The molecule has 0 saturated carbocycles. The van der Waals surface area contributed by atoms with Crippen LogP contribution in [0.3, 0.4) is 0 Å². The lowest BCUT2D eigenvalue weighted by Gasteiger charge is -2.20. The number of nitrogens with zero attached hydrogens (tertiary/aromatic N) is 2. The third-order valence-corrected chi connectivity index (χ3v) is 4.90. The minimum absolute atomic E-state index is 0.163. The van der Waals surface area contributed by atoms with E-state index in [9.17, 15) is 8.42 Å². The first-order chi connectivity index (χ1) is 9.56. The molecule has 0 aliphatic carbocycles. The van der Waals surface area contributed by atoms with Crippen molar-refractivity contribution in [3.8, 4) is 6.07 Å². The molecule has 1 rings (SSSR count). The summed E-state index contributed by atoms with van der Waals surface area (Å²) in [6.07, 6.45) is 1.03. The van der Waals surface area contributed by atoms with Crippen LogP contribution in [-0.2, 0) is 21.2 Å². The maximum Gasteiger partial charge on any atom is 0.243 e. The molecule has 0 heterocycles. The summed E-state index contributed by atoms with van der Waals surface area (Å²) in [7, 11) is -2.05. The molecular formula is C14H20N2O3S. The lowest BCUT2D eigenvalue weighted by molar-refractivity contribution is 0.179. The zero-order valence-corrected chi connectivity index (χ0v) is 12.7. The van der Waals surface area contributed by atoms with Crippen molar-refractivity contribution in [3.63, 3.8) is 0 Å². The fourth-order valence-corrected chi connectivity index (χ4v) is 3.19. The highest BCUT2D eigenvalue weighted by atomic mass is 32.2. The van der Waals surface area contributed by atoms with Gasteiger partial charge >= 0.3 is 0 Å². The second-order valence-electron chi connectivity index (χ2n) is 4.30. The van der Waals surface area contributed by atoms with Crippen LogP contribution < -0.4 is 0 Å². The van der Waals surface area contributed by atoms with Gasteiger partial charge in [0.15, 0.2) is 0 Å². The van der Waals surface area contributed by atoms with Crippen LogP contribution in [0.4, 0.5) is 0 Å². The third-order valence-electron chi connectivity index (χ3n) is 2.99. The Morgan fingerprint density at radius 1 is 1.25 bits per heavy atom. The Morgan fingerprint density at radius 2 is 1.90 bits per heavy atom. The fraction of sp³-hybridized carbons (Fsp3) is 0.500. The monoisotopic (exact) mass is 296 g/mol. The molecule has 0 unspecified atom stereocenters. The number of hydrogen-bond acceptors (Lipinski definition) is 4. The molecule has 0 bridgehead atoms. The van der Waals surface area contributed by atoms with E-state index < -0.39 is 10.0 Å². The van der Waals surface area contributed by atoms with E-state index in [2.05, 4.69) is 0 Å². The van der Waals surface area contributed by atoms with Crippen molar-refractivity contribution in [2.24, 2.45) is 0 Å². The van der Waals surface area contributed by atoms with Crippen molar-refractivity contribution in [3.05, 3.63) is 29.8 Å². The summed E-state index contributed by atoms with van der Waals surface area (Å²) in [6, 6.07) is 8.81. The summed E-state index contributed by atoms with van der Waals surface area (Å²) in [4.78, 5) is 0.253. The van der Waals surface area contributed by atoms with Crippen molar-refractivity contribution in [1.82, 2.24) is 4.31 Å². The van der Waals surface area contributed by atoms with Crippen molar-refractivity contribution < 1.29 is 13.2 Å². The fourth-order valence-electron chi connectivity index (χ4n) is 1.77. The summed E-state index contributed by atoms with van der Waals surface area (Å²) in [5, 5.41) is 8.64. The Balaban J connectivity index is 2.97. The molecule has 0 radical (unpaired) electrons. The molecule has 6 heteroatoms. The van der Waals surface area contributed by atoms with Gasteiger partial charge in [-0.25, -0.2) is 8.42 Å². The van der Waals surface area contributed by atoms with E-state index >= 15 is 0 Å². The quantitative estimate of drug-likeness (QED) is 0.733. The second-order valence-corrected chi connectivity index (χ2v) is 6.24. The van der Waals surface area contributed by atoms with Gasteiger partial charge in [-0.1, -0.05) is 19.1 Å². The number of methoxy groups -OCH3 is 1. The largest absolute Gasteiger partial charge is 0.383 e. The Bertz CT molecular complexity index is 547. The summed E-state index contributed by atoms with van der Waals surface area (Å²) >= 11 is 0. The topological polar surface area (TPSA) is 70.4 Å². The molecule has 0 spiro atoms. The van der Waals surface area contributed by atoms with Gasteiger partial charge in [0.2, 0.25) is 10.0 Å². The van der Waals surface area contributed by atoms with Gasteiger partial charge in [0, 0.05) is 26.6 Å². The molecule has 5 nitrogen and oxygen atoms in total. The molecule has 110 valence electrons. The van der Waals surface area contributed by atoms with Crippen molar-refractivity contribution in [2.45, 2.75) is 24.7 Å². The maximum atomic E-state index is 12.5. The van der Waals surface area contributed by atoms with Gasteiger partial charge in [0.1, 0.15) is 0 Å². The maximum absolute atomic E-state index is 12.5. The minimum atomic E-state index is -3.57. The summed E-state index contributed by atoms with van der Waals surface area (Å²) in [5.74, 6) is 0. The van der Waals surface area contributed by atoms with E-state index in [1.807, 2.05) is 25.1 Å². The van der Waals surface area contributed by atoms with E-state index in [-0.39, 0.29) is 24.4 Å². The number of nitriles is 1. The first-order valence-electron chi connectivity index (χ1n) is 6.51. The molecule has 0 amide bonds. The number of benzene rings is 1. The highest BCUT2D eigenvalue weighted by Gasteiger charge is 2.23. The number of ether oxygens (including phenoxy) is 1. The van der Waals surface area contributed by atoms with Gasteiger partial charge in [0.05, 0.1) is 17.6 Å². The van der Waals surface area contributed by atoms with Crippen LogP contribution in [0.25, 0.3) is 0 Å². The standard InChI is InChI=1S/C14H20N2O3S/c1-3-13-5-7-14(8-6-13)20(17,18)16(10-4-9-15)11-12-19-2/h5-8H,3-4,10-12H2,1-2H3. The lowest BCUT2D eigenvalue weighted by Crippen LogP contribution is -2.34. The van der Waals surface area contributed by atoms with Crippen LogP contribution in [0.2, 0.25) is 0 Å². The van der Waals surface area contributed by atoms with Crippen molar-refractivity contribution in [2.75, 3.05) is 26.8 Å². The van der Waals surface area contributed by atoms with E-state index in [0.717, 1.165) is 12.0 Å². The number of aryl methyl sites for hydroxylation is 1. The van der Waals surface area contributed by atoms with E-state index in [1.54, 1.807) is 12.1 Å². The normalized spacial score (nSPS) is 11.5. The van der Waals surface area contributed by atoms with Gasteiger partial charge in [-0.15, -0.1) is 0 Å². The SMILES string of the molecule is CCc1ccc(S(=O)(=O)N(CCC#N)CCOC)cc1. The Kier molecular flexibility index (Phi) is 6.65. The molecule has 20 heavy (non-hydrogen) atoms. The molecule has 0 aromatic heterocycles. The zero-order valence-electron chi connectivity index (χ0n) is 11.9. The molecule has 0 aliphatic heterocycles. The first kappa shape index (κ1) is 16.6. The second kappa shape index (κ2) is 8.00. The molecule has 1 aromatic rings. The zero-order chi connectivity index (χ0) is 15.0. The van der Waals surface area contributed by atoms with Gasteiger partial charge in [-0.05, 0) is 24.1 Å². The number of rotatable bonds is 8. The summed E-state index contributed by atoms with van der Waals surface area (Å²) in [5.41, 5.74) is 1.09. The predicted molar refractivity (Wildman–Crippen MR) is 76.7 cm³/mol. The average Bonchev–Trinajstić information content (AvgIpc) is 2.47. The summed E-state index contributed by atoms with van der Waals surface area (Å²) in [6.45, 7) is 2.74. The van der Waals surface area contributed by atoms with Crippen LogP contribution in [0, 0.1) is 11.3 Å². The Morgan fingerprint density at radius 3 is 2.40 bits per heavy atom. The third kappa shape index (κ3) is 4.30. The highest BCUT2D eigenvalue weighted by Crippen LogP contribution is 2.17. The van der Waals surface area contributed by atoms with Gasteiger partial charge in [-0.2, -0.15) is 9.57 Å². The van der Waals surface area contributed by atoms with Crippen molar-refractivity contribution in [1.29, 1.82) is 5.26 Å². The Hall–Kier alpha value is -1.42. The van der Waals surface area contributed by atoms with E-state index in [0.29, 0.717) is 6.61 Å². The van der Waals surface area contributed by atoms with E-state index in [1.165, 1.54) is 11.4 Å². The van der Waals surface area contributed by atoms with Crippen LogP contribution in [-0.4, -0.2) is 39.5 Å². The van der Waals surface area contributed by atoms with Crippen LogP contribution in [0.1, 0.15) is 18.9 Å². The first-order valence-corrected chi connectivity index (χ1v) is 7.95. The average molecular weight is 296 g/mol. The molecule has 0 saturated heterocycles. The van der Waals surface area contributed by atoms with Gasteiger partial charge in [-0.3, -0.25) is 0 Å². The molecule has 1 aromatic carbocycles. The molecule has 0 fully saturated rings. The Labute approximate surface area is 120 Å². The van der Waals surface area contributed by atoms with Crippen LogP contribution in [0.15, 0.2) is 29.2 Å². The number of hydrogen-bond donors (Lipinski definition) is 0. The van der Waals surface area contributed by atoms with Crippen molar-refractivity contribution >= 4 is 10.0 Å². The molecular weight excluding hydrogens is 276 g/mol. The van der Waals surface area contributed by atoms with Gasteiger partial charge in [0.25, 0.3) is 0 Å². The molecule has 0 aliphatic rings. The lowest BCUT2D eigenvalue weighted by atomic mass is 10.2. The van der Waals surface area contributed by atoms with Crippen LogP contribution >= 0.6 is 0 Å². The molecule has 0 N–H and O–H groups in total. The predicted octanol–water partition coefficient (Wildman–Crippen LogP) is 1.80. The number of sulfonamides is 1. The smallest absolute Gasteiger partial charge is 0.243 e. The van der Waals surface area contributed by atoms with Crippen LogP contribution in [0.5, 0.6) is 0 Å².